The smallest absolute Gasteiger partial charge is 0.328 e. The number of rotatable bonds is 4. The Balaban J connectivity index is 2.14. The molecule has 102 valence electrons. The number of hydrogen-bond donors (Lipinski definition) is 2. The Bertz CT molecular complexity index is 676. The van der Waals surface area contributed by atoms with Gasteiger partial charge < -0.3 is 14.9 Å². The van der Waals surface area contributed by atoms with Crippen LogP contribution in [0.3, 0.4) is 0 Å². The van der Waals surface area contributed by atoms with Crippen LogP contribution in [0.25, 0.3) is 6.08 Å². The number of carboxylic acids is 1. The fourth-order valence-corrected chi connectivity index (χ4v) is 1.47. The lowest BCUT2D eigenvalue weighted by molar-refractivity contribution is -0.131. The molecule has 1 amide bonds. The molecule has 0 spiro atoms. The number of nitrogens with zero attached hydrogens (tertiary/aromatic N) is 2. The van der Waals surface area contributed by atoms with E-state index in [0.717, 1.165) is 6.08 Å². The molecule has 0 radical (unpaired) electrons. The van der Waals surface area contributed by atoms with Gasteiger partial charge in [-0.1, -0.05) is 5.16 Å². The molecule has 0 saturated heterocycles. The Morgan fingerprint density at radius 2 is 2.25 bits per heavy atom. The largest absolute Gasteiger partial charge is 0.478 e. The quantitative estimate of drug-likeness (QED) is 0.822. The molecular weight excluding hydrogens is 262 g/mol. The second-order valence-electron chi connectivity index (χ2n) is 3.94. The van der Waals surface area contributed by atoms with Crippen LogP contribution in [0.4, 0.5) is 5.82 Å². The van der Waals surface area contributed by atoms with Gasteiger partial charge in [0, 0.05) is 17.8 Å². The Morgan fingerprint density at radius 1 is 1.45 bits per heavy atom. The van der Waals surface area contributed by atoms with E-state index < -0.39 is 11.9 Å². The summed E-state index contributed by atoms with van der Waals surface area (Å²) in [7, 11) is 0. The van der Waals surface area contributed by atoms with Crippen molar-refractivity contribution in [2.24, 2.45) is 0 Å². The fraction of sp³-hybridized carbons (Fsp3) is 0.0769. The first-order valence-electron chi connectivity index (χ1n) is 5.66. The summed E-state index contributed by atoms with van der Waals surface area (Å²) in [6.07, 6.45) is 5.31. The number of anilines is 1. The van der Waals surface area contributed by atoms with Crippen LogP contribution in [0.1, 0.15) is 21.7 Å². The number of hydrogen-bond acceptors (Lipinski definition) is 5. The fourth-order valence-electron chi connectivity index (χ4n) is 1.47. The van der Waals surface area contributed by atoms with Gasteiger partial charge in [-0.3, -0.25) is 4.79 Å². The maximum atomic E-state index is 11.9. The minimum atomic E-state index is -1.05. The molecule has 0 bridgehead atoms. The molecule has 2 heterocycles. The molecule has 0 saturated carbocycles. The summed E-state index contributed by atoms with van der Waals surface area (Å²) in [6, 6.07) is 3.16. The number of aryl methyl sites for hydroxylation is 1. The van der Waals surface area contributed by atoms with Gasteiger partial charge in [-0.15, -0.1) is 0 Å². The zero-order valence-corrected chi connectivity index (χ0v) is 10.5. The molecule has 0 unspecified atom stereocenters. The standard InChI is InChI=1S/C13H11N3O4/c1-8-7-15-20-12(8)13(19)16-10-6-9(4-5-14-10)2-3-11(17)18/h2-7H,1H3,(H,17,18)(H,14,16,19)/b3-2+. The molecule has 7 nitrogen and oxygen atoms in total. The number of aromatic nitrogens is 2. The predicted molar refractivity (Wildman–Crippen MR) is 70.1 cm³/mol. The van der Waals surface area contributed by atoms with Crippen molar-refractivity contribution in [1.29, 1.82) is 0 Å². The third-order valence-corrected chi connectivity index (χ3v) is 2.40. The summed E-state index contributed by atoms with van der Waals surface area (Å²) in [5, 5.41) is 14.6. The summed E-state index contributed by atoms with van der Waals surface area (Å²) in [6.45, 7) is 1.70. The van der Waals surface area contributed by atoms with E-state index in [1.54, 1.807) is 19.1 Å². The number of nitrogens with one attached hydrogen (secondary N) is 1. The van der Waals surface area contributed by atoms with E-state index in [-0.39, 0.29) is 5.76 Å². The van der Waals surface area contributed by atoms with Crippen LogP contribution in [0.5, 0.6) is 0 Å². The number of carbonyl (C=O) groups excluding carboxylic acids is 1. The molecule has 7 heteroatoms. The van der Waals surface area contributed by atoms with Gasteiger partial charge in [0.15, 0.2) is 0 Å². The molecule has 0 aliphatic rings. The van der Waals surface area contributed by atoms with Crippen molar-refractivity contribution < 1.29 is 19.2 Å². The van der Waals surface area contributed by atoms with Crippen molar-refractivity contribution in [2.75, 3.05) is 5.32 Å². The monoisotopic (exact) mass is 273 g/mol. The highest BCUT2D eigenvalue weighted by molar-refractivity contribution is 6.02. The van der Waals surface area contributed by atoms with Crippen molar-refractivity contribution >= 4 is 23.8 Å². The molecule has 0 aromatic carbocycles. The van der Waals surface area contributed by atoms with Gasteiger partial charge in [0.05, 0.1) is 6.20 Å². The van der Waals surface area contributed by atoms with Crippen LogP contribution >= 0.6 is 0 Å². The Labute approximate surface area is 113 Å². The van der Waals surface area contributed by atoms with E-state index in [9.17, 15) is 9.59 Å². The topological polar surface area (TPSA) is 105 Å². The molecule has 0 aliphatic carbocycles. The van der Waals surface area contributed by atoms with Crippen molar-refractivity contribution in [2.45, 2.75) is 6.92 Å². The molecule has 2 N–H and O–H groups in total. The zero-order valence-electron chi connectivity index (χ0n) is 10.5. The van der Waals surface area contributed by atoms with Crippen LogP contribution in [0.2, 0.25) is 0 Å². The van der Waals surface area contributed by atoms with E-state index >= 15 is 0 Å². The van der Waals surface area contributed by atoms with Crippen molar-refractivity contribution in [3.8, 4) is 0 Å². The van der Waals surface area contributed by atoms with Crippen LogP contribution in [0, 0.1) is 6.92 Å². The maximum absolute atomic E-state index is 11.9. The van der Waals surface area contributed by atoms with Crippen LogP contribution in [-0.4, -0.2) is 27.1 Å². The number of aliphatic carboxylic acids is 1. The number of amides is 1. The van der Waals surface area contributed by atoms with Crippen molar-refractivity contribution in [3.63, 3.8) is 0 Å². The lowest BCUT2D eigenvalue weighted by atomic mass is 10.2. The molecule has 2 aromatic rings. The lowest BCUT2D eigenvalue weighted by Gasteiger charge is -2.03. The van der Waals surface area contributed by atoms with E-state index in [0.29, 0.717) is 16.9 Å². The summed E-state index contributed by atoms with van der Waals surface area (Å²) in [4.78, 5) is 26.3. The van der Waals surface area contributed by atoms with Crippen LogP contribution in [0.15, 0.2) is 35.1 Å². The number of carbonyl (C=O) groups is 2. The highest BCUT2D eigenvalue weighted by Crippen LogP contribution is 2.12. The second-order valence-corrected chi connectivity index (χ2v) is 3.94. The van der Waals surface area contributed by atoms with Gasteiger partial charge in [-0.2, -0.15) is 0 Å². The highest BCUT2D eigenvalue weighted by atomic mass is 16.5. The first-order valence-corrected chi connectivity index (χ1v) is 5.66. The summed E-state index contributed by atoms with van der Waals surface area (Å²) in [5.41, 5.74) is 1.22. The van der Waals surface area contributed by atoms with Crippen molar-refractivity contribution in [1.82, 2.24) is 10.1 Å². The molecule has 2 rings (SSSR count). The molecule has 0 atom stereocenters. The van der Waals surface area contributed by atoms with Gasteiger partial charge >= 0.3 is 5.97 Å². The highest BCUT2D eigenvalue weighted by Gasteiger charge is 2.14. The molecule has 0 aliphatic heterocycles. The summed E-state index contributed by atoms with van der Waals surface area (Å²) >= 11 is 0. The summed E-state index contributed by atoms with van der Waals surface area (Å²) < 4.78 is 4.83. The normalized spacial score (nSPS) is 10.7. The van der Waals surface area contributed by atoms with E-state index in [1.165, 1.54) is 18.5 Å². The van der Waals surface area contributed by atoms with Crippen LogP contribution < -0.4 is 5.32 Å². The SMILES string of the molecule is Cc1cnoc1C(=O)Nc1cc(/C=C/C(=O)O)ccn1. The first kappa shape index (κ1) is 13.5. The Kier molecular flexibility index (Phi) is 3.90. The minimum Gasteiger partial charge on any atom is -0.478 e. The summed E-state index contributed by atoms with van der Waals surface area (Å²) in [5.74, 6) is -1.12. The molecular formula is C13H11N3O4. The van der Waals surface area contributed by atoms with Gasteiger partial charge in [0.1, 0.15) is 5.82 Å². The average Bonchev–Trinajstić information content (AvgIpc) is 2.83. The number of pyridine rings is 1. The molecule has 20 heavy (non-hydrogen) atoms. The average molecular weight is 273 g/mol. The number of carboxylic acid groups (broad SMARTS) is 1. The zero-order chi connectivity index (χ0) is 14.5. The minimum absolute atomic E-state index is 0.110. The van der Waals surface area contributed by atoms with Gasteiger partial charge in [-0.05, 0) is 30.7 Å². The Hall–Kier alpha value is -2.96. The van der Waals surface area contributed by atoms with Crippen LogP contribution in [-0.2, 0) is 4.79 Å². The third kappa shape index (κ3) is 3.29. The Morgan fingerprint density at radius 3 is 2.90 bits per heavy atom. The third-order valence-electron chi connectivity index (χ3n) is 2.40. The molecule has 0 fully saturated rings. The van der Waals surface area contributed by atoms with E-state index in [2.05, 4.69) is 15.5 Å². The van der Waals surface area contributed by atoms with Crippen molar-refractivity contribution in [3.05, 3.63) is 47.5 Å². The second kappa shape index (κ2) is 5.79. The lowest BCUT2D eigenvalue weighted by Crippen LogP contribution is -2.13. The van der Waals surface area contributed by atoms with E-state index in [4.69, 9.17) is 9.63 Å². The van der Waals surface area contributed by atoms with Gasteiger partial charge in [0.25, 0.3) is 5.91 Å². The van der Waals surface area contributed by atoms with E-state index in [1.807, 2.05) is 0 Å². The first-order chi connectivity index (χ1) is 9.56. The maximum Gasteiger partial charge on any atom is 0.328 e. The van der Waals surface area contributed by atoms with Gasteiger partial charge in [0.2, 0.25) is 5.76 Å². The molecule has 2 aromatic heterocycles. The predicted octanol–water partition coefficient (Wildman–Crippen LogP) is 1.73. The van der Waals surface area contributed by atoms with Gasteiger partial charge in [-0.25, -0.2) is 9.78 Å².